The fourth-order valence-electron chi connectivity index (χ4n) is 4.00. The predicted octanol–water partition coefficient (Wildman–Crippen LogP) is 5.32. The number of fused-ring (bicyclic) bond motifs is 4. The van der Waals surface area contributed by atoms with Gasteiger partial charge in [-0.25, -0.2) is 14.2 Å². The van der Waals surface area contributed by atoms with Crippen LogP contribution in [0, 0.1) is 5.82 Å². The van der Waals surface area contributed by atoms with Gasteiger partial charge >= 0.3 is 5.97 Å². The first-order valence-corrected chi connectivity index (χ1v) is 9.01. The summed E-state index contributed by atoms with van der Waals surface area (Å²) in [6.45, 7) is 0. The van der Waals surface area contributed by atoms with Crippen LogP contribution in [-0.2, 0) is 12.8 Å². The molecule has 0 saturated heterocycles. The number of nitrogens with zero attached hydrogens (tertiary/aromatic N) is 2. The molecule has 0 radical (unpaired) electrons. The number of aryl methyl sites for hydroxylation is 1. The van der Waals surface area contributed by atoms with Crippen molar-refractivity contribution >= 4 is 29.3 Å². The number of aromatic nitrogens is 2. The van der Waals surface area contributed by atoms with Gasteiger partial charge in [-0.05, 0) is 65.4 Å². The van der Waals surface area contributed by atoms with Crippen molar-refractivity contribution < 1.29 is 14.3 Å². The Morgan fingerprint density at radius 2 is 1.76 bits per heavy atom. The molecule has 4 aromatic rings. The van der Waals surface area contributed by atoms with Gasteiger partial charge in [0.1, 0.15) is 5.82 Å². The minimum Gasteiger partial charge on any atom is -0.478 e. The van der Waals surface area contributed by atoms with Crippen molar-refractivity contribution in [2.24, 2.45) is 0 Å². The molecule has 0 saturated carbocycles. The molecule has 1 N–H and O–H groups in total. The van der Waals surface area contributed by atoms with Crippen molar-refractivity contribution in [2.75, 3.05) is 0 Å². The van der Waals surface area contributed by atoms with E-state index in [0.29, 0.717) is 35.0 Å². The first-order valence-electron chi connectivity index (χ1n) is 9.01. The number of carbonyl (C=O) groups is 1. The molecular formula is C23H16ClFN2O2. The average Bonchev–Trinajstić information content (AvgIpc) is 2.72. The summed E-state index contributed by atoms with van der Waals surface area (Å²) in [5, 5.41) is 10.2. The third-order valence-corrected chi connectivity index (χ3v) is 5.28. The Kier molecular flexibility index (Phi) is 4.76. The van der Waals surface area contributed by atoms with E-state index in [2.05, 4.69) is 11.1 Å². The van der Waals surface area contributed by atoms with E-state index in [9.17, 15) is 14.3 Å². The van der Waals surface area contributed by atoms with Gasteiger partial charge < -0.3 is 5.11 Å². The molecule has 2 heterocycles. The Morgan fingerprint density at radius 1 is 0.966 bits per heavy atom. The first-order chi connectivity index (χ1) is 13.6. The number of rotatable bonds is 2. The summed E-state index contributed by atoms with van der Waals surface area (Å²) in [6.07, 6.45) is 4.79. The summed E-state index contributed by atoms with van der Waals surface area (Å²) in [5.41, 5.74) is 6.24. The Balaban J connectivity index is 0.00000205. The van der Waals surface area contributed by atoms with Crippen LogP contribution < -0.4 is 0 Å². The third-order valence-electron chi connectivity index (χ3n) is 5.28. The van der Waals surface area contributed by atoms with E-state index in [1.807, 2.05) is 24.3 Å². The molecule has 1 aliphatic carbocycles. The van der Waals surface area contributed by atoms with Gasteiger partial charge in [0.2, 0.25) is 0 Å². The SMILES string of the molecule is Cl.O=C(O)c1c2c(nc3ccc(F)cc13)-c1ccc(-c3ccncc3)cc1CC2. The Hall–Kier alpha value is -3.31. The van der Waals surface area contributed by atoms with Crippen LogP contribution in [0.3, 0.4) is 0 Å². The number of aromatic carboxylic acids is 1. The molecule has 6 heteroatoms. The molecule has 0 fully saturated rings. The third kappa shape index (κ3) is 3.13. The first kappa shape index (κ1) is 19.0. The molecule has 144 valence electrons. The average molecular weight is 407 g/mol. The largest absolute Gasteiger partial charge is 0.478 e. The lowest BCUT2D eigenvalue weighted by atomic mass is 9.84. The van der Waals surface area contributed by atoms with Crippen molar-refractivity contribution in [3.05, 3.63) is 83.4 Å². The normalized spacial score (nSPS) is 12.0. The molecule has 4 nitrogen and oxygen atoms in total. The van der Waals surface area contributed by atoms with Crippen LogP contribution in [-0.4, -0.2) is 21.0 Å². The molecule has 1 aliphatic rings. The van der Waals surface area contributed by atoms with Crippen LogP contribution in [0.5, 0.6) is 0 Å². The highest BCUT2D eigenvalue weighted by Gasteiger charge is 2.26. The molecule has 0 aliphatic heterocycles. The van der Waals surface area contributed by atoms with E-state index < -0.39 is 11.8 Å². The number of hydrogen-bond acceptors (Lipinski definition) is 3. The summed E-state index contributed by atoms with van der Waals surface area (Å²) in [7, 11) is 0. The molecule has 0 spiro atoms. The molecule has 5 rings (SSSR count). The fourth-order valence-corrected chi connectivity index (χ4v) is 4.00. The van der Waals surface area contributed by atoms with E-state index in [1.165, 1.54) is 18.2 Å². The van der Waals surface area contributed by atoms with Crippen LogP contribution in [0.2, 0.25) is 0 Å². The van der Waals surface area contributed by atoms with Crippen LogP contribution in [0.1, 0.15) is 21.5 Å². The minimum absolute atomic E-state index is 0. The highest BCUT2D eigenvalue weighted by atomic mass is 35.5. The standard InChI is InChI=1S/C23H15FN2O2.ClH/c24-16-3-6-20-19(12-16)21(23(27)28)18-5-2-15-11-14(13-7-9-25-10-8-13)1-4-17(15)22(18)26-20;/h1,3-4,6-12H,2,5H2,(H,27,28);1H. The van der Waals surface area contributed by atoms with Gasteiger partial charge in [0.25, 0.3) is 0 Å². The maximum absolute atomic E-state index is 13.7. The summed E-state index contributed by atoms with van der Waals surface area (Å²) in [6, 6.07) is 14.2. The molecule has 0 bridgehead atoms. The van der Waals surface area contributed by atoms with Crippen molar-refractivity contribution in [1.29, 1.82) is 0 Å². The zero-order chi connectivity index (χ0) is 19.3. The van der Waals surface area contributed by atoms with Crippen LogP contribution in [0.15, 0.2) is 60.9 Å². The molecular weight excluding hydrogens is 391 g/mol. The van der Waals surface area contributed by atoms with Crippen molar-refractivity contribution in [3.8, 4) is 22.4 Å². The van der Waals surface area contributed by atoms with Crippen LogP contribution in [0.4, 0.5) is 4.39 Å². The number of pyridine rings is 2. The molecule has 2 aromatic carbocycles. The van der Waals surface area contributed by atoms with Gasteiger partial charge in [0.05, 0.1) is 16.8 Å². The minimum atomic E-state index is -1.05. The van der Waals surface area contributed by atoms with E-state index in [0.717, 1.165) is 22.3 Å². The van der Waals surface area contributed by atoms with Crippen molar-refractivity contribution in [3.63, 3.8) is 0 Å². The Morgan fingerprint density at radius 3 is 2.52 bits per heavy atom. The molecule has 0 atom stereocenters. The van der Waals surface area contributed by atoms with Gasteiger partial charge in [0.15, 0.2) is 0 Å². The van der Waals surface area contributed by atoms with Gasteiger partial charge in [-0.3, -0.25) is 4.98 Å². The second-order valence-corrected chi connectivity index (χ2v) is 6.89. The van der Waals surface area contributed by atoms with E-state index >= 15 is 0 Å². The second-order valence-electron chi connectivity index (χ2n) is 6.89. The monoisotopic (exact) mass is 406 g/mol. The topological polar surface area (TPSA) is 63.1 Å². The zero-order valence-corrected chi connectivity index (χ0v) is 16.0. The van der Waals surface area contributed by atoms with E-state index in [-0.39, 0.29) is 18.0 Å². The molecule has 2 aromatic heterocycles. The number of hydrogen-bond donors (Lipinski definition) is 1. The highest BCUT2D eigenvalue weighted by Crippen LogP contribution is 2.38. The lowest BCUT2D eigenvalue weighted by molar-refractivity contribution is 0.0698. The fraction of sp³-hybridized carbons (Fsp3) is 0.0870. The Bertz CT molecular complexity index is 1260. The zero-order valence-electron chi connectivity index (χ0n) is 15.2. The van der Waals surface area contributed by atoms with Crippen molar-refractivity contribution in [2.45, 2.75) is 12.8 Å². The van der Waals surface area contributed by atoms with E-state index in [1.54, 1.807) is 12.4 Å². The highest BCUT2D eigenvalue weighted by molar-refractivity contribution is 6.06. The number of carboxylic acid groups (broad SMARTS) is 1. The van der Waals surface area contributed by atoms with Crippen LogP contribution in [0.25, 0.3) is 33.3 Å². The number of benzene rings is 2. The maximum Gasteiger partial charge on any atom is 0.336 e. The summed E-state index contributed by atoms with van der Waals surface area (Å²) >= 11 is 0. The van der Waals surface area contributed by atoms with Gasteiger partial charge in [0, 0.05) is 23.3 Å². The number of halogens is 2. The van der Waals surface area contributed by atoms with E-state index in [4.69, 9.17) is 4.98 Å². The smallest absolute Gasteiger partial charge is 0.336 e. The molecule has 29 heavy (non-hydrogen) atoms. The van der Waals surface area contributed by atoms with Gasteiger partial charge in [-0.15, -0.1) is 12.4 Å². The summed E-state index contributed by atoms with van der Waals surface area (Å²) < 4.78 is 13.7. The predicted molar refractivity (Wildman–Crippen MR) is 112 cm³/mol. The second kappa shape index (κ2) is 7.26. The molecule has 0 unspecified atom stereocenters. The van der Waals surface area contributed by atoms with Crippen molar-refractivity contribution in [1.82, 2.24) is 9.97 Å². The quantitative estimate of drug-likeness (QED) is 0.489. The summed E-state index contributed by atoms with van der Waals surface area (Å²) in [5.74, 6) is -1.51. The summed E-state index contributed by atoms with van der Waals surface area (Å²) in [4.78, 5) is 20.8. The van der Waals surface area contributed by atoms with Crippen LogP contribution >= 0.6 is 12.4 Å². The van der Waals surface area contributed by atoms with Gasteiger partial charge in [-0.1, -0.05) is 18.2 Å². The lowest BCUT2D eigenvalue weighted by Gasteiger charge is -2.22. The lowest BCUT2D eigenvalue weighted by Crippen LogP contribution is -2.13. The Labute approximate surface area is 172 Å². The maximum atomic E-state index is 13.7. The number of carboxylic acids is 1. The molecule has 0 amide bonds. The van der Waals surface area contributed by atoms with Gasteiger partial charge in [-0.2, -0.15) is 0 Å².